The van der Waals surface area contributed by atoms with Gasteiger partial charge in [-0.15, -0.1) is 5.10 Å². The van der Waals surface area contributed by atoms with Gasteiger partial charge in [-0.2, -0.15) is 0 Å². The number of aromatic nitrogens is 3. The number of amides is 2. The van der Waals surface area contributed by atoms with Gasteiger partial charge in [-0.1, -0.05) is 48.5 Å². The third kappa shape index (κ3) is 4.10. The van der Waals surface area contributed by atoms with E-state index < -0.39 is 0 Å². The molecule has 0 aliphatic heterocycles. The molecule has 2 aromatic carbocycles. The maximum absolute atomic E-state index is 13.1. The summed E-state index contributed by atoms with van der Waals surface area (Å²) < 4.78 is 1.75. The number of para-hydroxylation sites is 2. The summed E-state index contributed by atoms with van der Waals surface area (Å²) in [6.07, 6.45) is 2.84. The van der Waals surface area contributed by atoms with Crippen LogP contribution < -0.4 is 5.32 Å². The van der Waals surface area contributed by atoms with Gasteiger partial charge in [0, 0.05) is 18.7 Å². The van der Waals surface area contributed by atoms with Crippen molar-refractivity contribution >= 4 is 17.5 Å². The Hall–Kier alpha value is -3.48. The second-order valence-corrected chi connectivity index (χ2v) is 7.57. The Morgan fingerprint density at radius 2 is 1.80 bits per heavy atom. The Bertz CT molecular complexity index is 1060. The lowest BCUT2D eigenvalue weighted by molar-refractivity contribution is -0.116. The molecular formula is C23H25N5O2. The molecule has 2 amide bonds. The first-order chi connectivity index (χ1) is 14.6. The second kappa shape index (κ2) is 8.49. The fourth-order valence-corrected chi connectivity index (χ4v) is 3.53. The molecule has 0 unspecified atom stereocenters. The van der Waals surface area contributed by atoms with Crippen LogP contribution in [0.4, 0.5) is 5.69 Å². The highest BCUT2D eigenvalue weighted by Gasteiger charge is 2.35. The van der Waals surface area contributed by atoms with E-state index in [4.69, 9.17) is 0 Å². The number of hydrogen-bond acceptors (Lipinski definition) is 4. The van der Waals surface area contributed by atoms with Gasteiger partial charge in [0.1, 0.15) is 0 Å². The fourth-order valence-electron chi connectivity index (χ4n) is 3.53. The molecule has 0 bridgehead atoms. The van der Waals surface area contributed by atoms with Crippen LogP contribution in [0.25, 0.3) is 5.69 Å². The van der Waals surface area contributed by atoms with Crippen LogP contribution in [-0.4, -0.2) is 45.3 Å². The number of nitrogens with zero attached hydrogens (tertiary/aromatic N) is 4. The summed E-state index contributed by atoms with van der Waals surface area (Å²) in [5.41, 5.74) is 3.86. The van der Waals surface area contributed by atoms with Gasteiger partial charge >= 0.3 is 0 Å². The second-order valence-electron chi connectivity index (χ2n) is 7.57. The van der Waals surface area contributed by atoms with Crippen molar-refractivity contribution in [2.24, 2.45) is 0 Å². The highest BCUT2D eigenvalue weighted by atomic mass is 16.2. The van der Waals surface area contributed by atoms with Crippen molar-refractivity contribution in [3.8, 4) is 5.69 Å². The highest BCUT2D eigenvalue weighted by Crippen LogP contribution is 2.42. The van der Waals surface area contributed by atoms with Crippen LogP contribution in [0.1, 0.15) is 47.4 Å². The number of benzene rings is 2. The minimum Gasteiger partial charge on any atom is -0.331 e. The van der Waals surface area contributed by atoms with Gasteiger partial charge in [0.2, 0.25) is 5.91 Å². The molecule has 1 N–H and O–H groups in total. The molecule has 7 heteroatoms. The molecule has 1 aliphatic carbocycles. The first kappa shape index (κ1) is 19.8. The molecule has 0 spiro atoms. The molecule has 1 saturated carbocycles. The molecule has 4 rings (SSSR count). The van der Waals surface area contributed by atoms with Gasteiger partial charge in [0.05, 0.1) is 17.9 Å². The molecule has 3 aromatic rings. The quantitative estimate of drug-likeness (QED) is 0.656. The summed E-state index contributed by atoms with van der Waals surface area (Å²) in [4.78, 5) is 27.0. The van der Waals surface area contributed by atoms with E-state index in [9.17, 15) is 9.59 Å². The number of rotatable bonds is 7. The highest BCUT2D eigenvalue weighted by molar-refractivity contribution is 5.99. The molecule has 1 aliphatic rings. The maximum Gasteiger partial charge on any atom is 0.276 e. The molecule has 0 atom stereocenters. The lowest BCUT2D eigenvalue weighted by Gasteiger charge is -2.17. The molecule has 7 nitrogen and oxygen atoms in total. The summed E-state index contributed by atoms with van der Waals surface area (Å²) >= 11 is 0. The Morgan fingerprint density at radius 3 is 2.50 bits per heavy atom. The van der Waals surface area contributed by atoms with E-state index in [1.165, 1.54) is 4.90 Å². The van der Waals surface area contributed by atoms with Crippen LogP contribution in [0.5, 0.6) is 0 Å². The molecule has 1 heterocycles. The molecule has 30 heavy (non-hydrogen) atoms. The molecule has 154 valence electrons. The van der Waals surface area contributed by atoms with E-state index in [-0.39, 0.29) is 24.3 Å². The number of hydrogen-bond donors (Lipinski definition) is 1. The molecular weight excluding hydrogens is 378 g/mol. The predicted octanol–water partition coefficient (Wildman–Crippen LogP) is 3.42. The lowest BCUT2D eigenvalue weighted by atomic mass is 10.1. The Kier molecular flexibility index (Phi) is 5.61. The third-order valence-electron chi connectivity index (χ3n) is 5.27. The van der Waals surface area contributed by atoms with Crippen molar-refractivity contribution in [1.82, 2.24) is 19.9 Å². The van der Waals surface area contributed by atoms with Gasteiger partial charge in [0.15, 0.2) is 5.69 Å². The first-order valence-electron chi connectivity index (χ1n) is 10.2. The lowest BCUT2D eigenvalue weighted by Crippen LogP contribution is -2.35. The molecule has 0 radical (unpaired) electrons. The van der Waals surface area contributed by atoms with Crippen molar-refractivity contribution in [2.75, 3.05) is 18.9 Å². The number of carbonyl (C=O) groups excluding carboxylic acids is 2. The third-order valence-corrected chi connectivity index (χ3v) is 5.27. The summed E-state index contributed by atoms with van der Waals surface area (Å²) in [5.74, 6) is -0.258. The van der Waals surface area contributed by atoms with Crippen LogP contribution in [0.2, 0.25) is 0 Å². The van der Waals surface area contributed by atoms with E-state index in [0.29, 0.717) is 5.69 Å². The minimum atomic E-state index is -0.294. The summed E-state index contributed by atoms with van der Waals surface area (Å²) in [6, 6.07) is 17.4. The summed E-state index contributed by atoms with van der Waals surface area (Å²) in [7, 11) is 1.62. The zero-order valence-electron chi connectivity index (χ0n) is 17.2. The predicted molar refractivity (Wildman–Crippen MR) is 115 cm³/mol. The zero-order chi connectivity index (χ0) is 21.1. The maximum atomic E-state index is 13.1. The number of likely N-dealkylation sites (N-methyl/N-ethyl adjacent to an activating group) is 1. The summed E-state index contributed by atoms with van der Waals surface area (Å²) in [5, 5.41) is 11.3. The Balaban J connectivity index is 1.50. The molecule has 1 fully saturated rings. The van der Waals surface area contributed by atoms with E-state index in [0.717, 1.165) is 41.9 Å². The number of carbonyl (C=O) groups is 2. The van der Waals surface area contributed by atoms with Crippen LogP contribution in [0.15, 0.2) is 54.6 Å². The van der Waals surface area contributed by atoms with E-state index in [2.05, 4.69) is 15.6 Å². The number of aryl methyl sites for hydroxylation is 1. The van der Waals surface area contributed by atoms with Crippen molar-refractivity contribution in [3.05, 3.63) is 71.5 Å². The topological polar surface area (TPSA) is 80.1 Å². The van der Waals surface area contributed by atoms with Crippen molar-refractivity contribution in [1.29, 1.82) is 0 Å². The normalized spacial score (nSPS) is 13.1. The van der Waals surface area contributed by atoms with Crippen LogP contribution in [-0.2, 0) is 11.2 Å². The van der Waals surface area contributed by atoms with Crippen LogP contribution in [0, 0.1) is 0 Å². The Morgan fingerprint density at radius 1 is 1.10 bits per heavy atom. The van der Waals surface area contributed by atoms with Gasteiger partial charge in [-0.05, 0) is 43.0 Å². The standard InChI is InChI=1S/C23H25N5O2/c1-3-16-9-7-8-12-19(16)24-20(29)15-27(2)23(30)21-22(17-13-14-17)28(26-25-21)18-10-5-4-6-11-18/h4-12,17H,3,13-15H2,1-2H3,(H,24,29). The van der Waals surface area contributed by atoms with Gasteiger partial charge < -0.3 is 10.2 Å². The smallest absolute Gasteiger partial charge is 0.276 e. The van der Waals surface area contributed by atoms with Gasteiger partial charge in [0.25, 0.3) is 5.91 Å². The monoisotopic (exact) mass is 403 g/mol. The zero-order valence-corrected chi connectivity index (χ0v) is 17.2. The van der Waals surface area contributed by atoms with Gasteiger partial charge in [-0.25, -0.2) is 4.68 Å². The average Bonchev–Trinajstić information content (AvgIpc) is 3.51. The van der Waals surface area contributed by atoms with Gasteiger partial charge in [-0.3, -0.25) is 9.59 Å². The van der Waals surface area contributed by atoms with Crippen LogP contribution >= 0.6 is 0 Å². The first-order valence-corrected chi connectivity index (χ1v) is 10.2. The van der Waals surface area contributed by atoms with E-state index in [1.807, 2.05) is 61.5 Å². The molecule has 0 saturated heterocycles. The molecule has 1 aromatic heterocycles. The average molecular weight is 403 g/mol. The van der Waals surface area contributed by atoms with Crippen molar-refractivity contribution in [2.45, 2.75) is 32.1 Å². The summed E-state index contributed by atoms with van der Waals surface area (Å²) in [6.45, 7) is 1.98. The van der Waals surface area contributed by atoms with Crippen molar-refractivity contribution < 1.29 is 9.59 Å². The van der Waals surface area contributed by atoms with Crippen molar-refractivity contribution in [3.63, 3.8) is 0 Å². The van der Waals surface area contributed by atoms with Crippen LogP contribution in [0.3, 0.4) is 0 Å². The largest absolute Gasteiger partial charge is 0.331 e. The minimum absolute atomic E-state index is 0.0564. The SMILES string of the molecule is CCc1ccccc1NC(=O)CN(C)C(=O)c1nnn(-c2ccccc2)c1C1CC1. The fraction of sp³-hybridized carbons (Fsp3) is 0.304. The number of anilines is 1. The van der Waals surface area contributed by atoms with E-state index in [1.54, 1.807) is 11.7 Å². The van der Waals surface area contributed by atoms with E-state index >= 15 is 0 Å². The number of nitrogens with one attached hydrogen (secondary N) is 1. The Labute approximate surface area is 175 Å².